The molecular formula is C20H19N3. The van der Waals surface area contributed by atoms with Gasteiger partial charge >= 0.3 is 0 Å². The molecule has 1 fully saturated rings. The van der Waals surface area contributed by atoms with Crippen LogP contribution in [0.3, 0.4) is 0 Å². The summed E-state index contributed by atoms with van der Waals surface area (Å²) in [6.07, 6.45) is 7.56. The fraction of sp³-hybridized carbons (Fsp3) is 0.300. The summed E-state index contributed by atoms with van der Waals surface area (Å²) in [7, 11) is 0. The Bertz CT molecular complexity index is 773. The minimum Gasteiger partial charge on any atom is -0.289 e. The summed E-state index contributed by atoms with van der Waals surface area (Å²) in [6.45, 7) is 1.01. The maximum absolute atomic E-state index is 9.32. The van der Waals surface area contributed by atoms with Crippen LogP contribution in [0.4, 0.5) is 0 Å². The second-order valence-corrected chi connectivity index (χ2v) is 6.36. The second kappa shape index (κ2) is 5.98. The van der Waals surface area contributed by atoms with Gasteiger partial charge in [0.15, 0.2) is 0 Å². The number of fused-ring (bicyclic) bond motifs is 2. The van der Waals surface area contributed by atoms with Gasteiger partial charge in [0.2, 0.25) is 0 Å². The van der Waals surface area contributed by atoms with Crippen LogP contribution in [0.1, 0.15) is 36.1 Å². The van der Waals surface area contributed by atoms with Gasteiger partial charge in [-0.05, 0) is 42.5 Å². The number of hydrogen-bond acceptors (Lipinski definition) is 3. The van der Waals surface area contributed by atoms with Crippen molar-refractivity contribution in [3.63, 3.8) is 0 Å². The normalized spacial score (nSPS) is 23.3. The molecule has 2 aromatic rings. The van der Waals surface area contributed by atoms with Crippen LogP contribution >= 0.6 is 0 Å². The molecule has 2 aliphatic rings. The first kappa shape index (κ1) is 14.2. The Balaban J connectivity index is 1.61. The van der Waals surface area contributed by atoms with Gasteiger partial charge in [0.05, 0.1) is 11.3 Å². The largest absolute Gasteiger partial charge is 0.289 e. The molecular weight excluding hydrogens is 282 g/mol. The van der Waals surface area contributed by atoms with E-state index in [4.69, 9.17) is 0 Å². The smallest absolute Gasteiger partial charge is 0.101 e. The Labute approximate surface area is 136 Å². The molecule has 1 aromatic heterocycles. The lowest BCUT2D eigenvalue weighted by Crippen LogP contribution is -2.37. The molecule has 4 rings (SSSR count). The van der Waals surface area contributed by atoms with Gasteiger partial charge in [-0.15, -0.1) is 0 Å². The SMILES string of the molecule is N#Cc1cccnc1C1=CC2CCC(C1)N2Cc1ccccc1. The molecule has 0 spiro atoms. The van der Waals surface area contributed by atoms with Gasteiger partial charge in [0.1, 0.15) is 6.07 Å². The number of rotatable bonds is 3. The van der Waals surface area contributed by atoms with Crippen molar-refractivity contribution >= 4 is 5.57 Å². The number of nitriles is 1. The Morgan fingerprint density at radius 2 is 2.00 bits per heavy atom. The van der Waals surface area contributed by atoms with E-state index in [0.717, 1.165) is 18.7 Å². The Morgan fingerprint density at radius 3 is 2.78 bits per heavy atom. The fourth-order valence-electron chi connectivity index (χ4n) is 3.89. The van der Waals surface area contributed by atoms with Crippen molar-refractivity contribution in [2.45, 2.75) is 37.9 Å². The lowest BCUT2D eigenvalue weighted by atomic mass is 9.95. The molecule has 2 bridgehead atoms. The average Bonchev–Trinajstić information content (AvgIpc) is 2.84. The Kier molecular flexibility index (Phi) is 3.69. The summed E-state index contributed by atoms with van der Waals surface area (Å²) in [5, 5.41) is 9.32. The van der Waals surface area contributed by atoms with E-state index in [-0.39, 0.29) is 0 Å². The van der Waals surface area contributed by atoms with E-state index in [2.05, 4.69) is 52.4 Å². The fourth-order valence-corrected chi connectivity index (χ4v) is 3.89. The number of hydrogen-bond donors (Lipinski definition) is 0. The highest BCUT2D eigenvalue weighted by molar-refractivity contribution is 5.69. The zero-order valence-electron chi connectivity index (χ0n) is 13.0. The van der Waals surface area contributed by atoms with Crippen LogP contribution in [-0.4, -0.2) is 22.0 Å². The van der Waals surface area contributed by atoms with Gasteiger partial charge < -0.3 is 0 Å². The lowest BCUT2D eigenvalue weighted by Gasteiger charge is -2.34. The van der Waals surface area contributed by atoms with E-state index in [9.17, 15) is 5.26 Å². The maximum Gasteiger partial charge on any atom is 0.101 e. The molecule has 0 amide bonds. The number of benzene rings is 1. The summed E-state index contributed by atoms with van der Waals surface area (Å²) in [5.41, 5.74) is 4.19. The van der Waals surface area contributed by atoms with Crippen molar-refractivity contribution in [2.24, 2.45) is 0 Å². The van der Waals surface area contributed by atoms with Crippen molar-refractivity contribution < 1.29 is 0 Å². The van der Waals surface area contributed by atoms with Crippen LogP contribution in [-0.2, 0) is 6.54 Å². The van der Waals surface area contributed by atoms with Crippen LogP contribution < -0.4 is 0 Å². The molecule has 1 aromatic carbocycles. The number of pyridine rings is 1. The average molecular weight is 301 g/mol. The number of nitrogens with zero attached hydrogens (tertiary/aromatic N) is 3. The lowest BCUT2D eigenvalue weighted by molar-refractivity contribution is 0.203. The molecule has 114 valence electrons. The van der Waals surface area contributed by atoms with Crippen molar-refractivity contribution in [1.82, 2.24) is 9.88 Å². The first-order valence-electron chi connectivity index (χ1n) is 8.21. The minimum atomic E-state index is 0.470. The summed E-state index contributed by atoms with van der Waals surface area (Å²) >= 11 is 0. The molecule has 0 N–H and O–H groups in total. The topological polar surface area (TPSA) is 39.9 Å². The molecule has 3 heterocycles. The standard InChI is InChI=1S/C20H19N3/c21-13-16-7-4-10-22-20(16)17-11-18-8-9-19(12-17)23(18)14-15-5-2-1-3-6-15/h1-7,10-11,18-19H,8-9,12,14H2. The third-order valence-corrected chi connectivity index (χ3v) is 4.98. The zero-order chi connectivity index (χ0) is 15.6. The van der Waals surface area contributed by atoms with Crippen LogP contribution in [0.25, 0.3) is 5.57 Å². The van der Waals surface area contributed by atoms with Crippen molar-refractivity contribution in [3.05, 3.63) is 71.6 Å². The second-order valence-electron chi connectivity index (χ2n) is 6.36. The van der Waals surface area contributed by atoms with Crippen LogP contribution in [0.2, 0.25) is 0 Å². The van der Waals surface area contributed by atoms with Crippen molar-refractivity contribution in [3.8, 4) is 6.07 Å². The highest BCUT2D eigenvalue weighted by Gasteiger charge is 2.37. The molecule has 3 heteroatoms. The molecule has 0 aliphatic carbocycles. The van der Waals surface area contributed by atoms with Gasteiger partial charge in [0.25, 0.3) is 0 Å². The van der Waals surface area contributed by atoms with E-state index in [1.807, 2.05) is 12.1 Å². The summed E-state index contributed by atoms with van der Waals surface area (Å²) in [5.74, 6) is 0. The molecule has 3 nitrogen and oxygen atoms in total. The third kappa shape index (κ3) is 2.67. The van der Waals surface area contributed by atoms with Gasteiger partial charge in [-0.25, -0.2) is 0 Å². The number of aromatic nitrogens is 1. The monoisotopic (exact) mass is 301 g/mol. The van der Waals surface area contributed by atoms with E-state index < -0.39 is 0 Å². The van der Waals surface area contributed by atoms with E-state index in [1.165, 1.54) is 24.0 Å². The summed E-state index contributed by atoms with van der Waals surface area (Å²) in [4.78, 5) is 7.07. The Morgan fingerprint density at radius 1 is 1.13 bits per heavy atom. The predicted octanol–water partition coefficient (Wildman–Crippen LogP) is 3.77. The minimum absolute atomic E-state index is 0.470. The molecule has 2 aliphatic heterocycles. The maximum atomic E-state index is 9.32. The zero-order valence-corrected chi connectivity index (χ0v) is 13.0. The van der Waals surface area contributed by atoms with Crippen molar-refractivity contribution in [2.75, 3.05) is 0 Å². The van der Waals surface area contributed by atoms with Gasteiger partial charge in [-0.2, -0.15) is 5.26 Å². The first-order chi connectivity index (χ1) is 11.3. The molecule has 2 unspecified atom stereocenters. The molecule has 0 radical (unpaired) electrons. The van der Waals surface area contributed by atoms with Crippen molar-refractivity contribution in [1.29, 1.82) is 5.26 Å². The van der Waals surface area contributed by atoms with Gasteiger partial charge in [-0.3, -0.25) is 9.88 Å². The Hall–Kier alpha value is -2.44. The molecule has 0 saturated carbocycles. The van der Waals surface area contributed by atoms with Gasteiger partial charge in [0, 0.05) is 24.8 Å². The van der Waals surface area contributed by atoms with E-state index in [1.54, 1.807) is 6.20 Å². The quantitative estimate of drug-likeness (QED) is 0.866. The molecule has 2 atom stereocenters. The highest BCUT2D eigenvalue weighted by Crippen LogP contribution is 2.39. The van der Waals surface area contributed by atoms with Crippen LogP contribution in [0.5, 0.6) is 0 Å². The first-order valence-corrected chi connectivity index (χ1v) is 8.21. The van der Waals surface area contributed by atoms with Gasteiger partial charge in [-0.1, -0.05) is 36.4 Å². The highest BCUT2D eigenvalue weighted by atomic mass is 15.2. The summed E-state index contributed by atoms with van der Waals surface area (Å²) < 4.78 is 0. The van der Waals surface area contributed by atoms with Crippen LogP contribution in [0, 0.1) is 11.3 Å². The predicted molar refractivity (Wildman–Crippen MR) is 90.3 cm³/mol. The third-order valence-electron chi connectivity index (χ3n) is 4.98. The van der Waals surface area contributed by atoms with E-state index in [0.29, 0.717) is 17.6 Å². The molecule has 23 heavy (non-hydrogen) atoms. The summed E-state index contributed by atoms with van der Waals surface area (Å²) in [6, 6.07) is 17.7. The van der Waals surface area contributed by atoms with E-state index >= 15 is 0 Å². The van der Waals surface area contributed by atoms with Crippen LogP contribution in [0.15, 0.2) is 54.7 Å². The molecule has 1 saturated heterocycles.